The Morgan fingerprint density at radius 1 is 0.885 bits per heavy atom. The van der Waals surface area contributed by atoms with Crippen LogP contribution in [0.2, 0.25) is 39.3 Å². The van der Waals surface area contributed by atoms with E-state index in [4.69, 9.17) is 0 Å². The third-order valence-electron chi connectivity index (χ3n) is 5.57. The van der Waals surface area contributed by atoms with Crippen molar-refractivity contribution >= 4 is 21.6 Å². The average Bonchev–Trinajstić information content (AvgIpc) is 3.24. The van der Waals surface area contributed by atoms with Crippen molar-refractivity contribution in [3.05, 3.63) is 71.8 Å². The van der Waals surface area contributed by atoms with Crippen molar-refractivity contribution in [1.82, 2.24) is 4.90 Å². The fourth-order valence-corrected chi connectivity index (χ4v) is 10.9. The summed E-state index contributed by atoms with van der Waals surface area (Å²) < 4.78 is 0. The number of carbonyl (C=O) groups is 1. The van der Waals surface area contributed by atoms with Gasteiger partial charge in [0.05, 0.1) is 19.3 Å². The molecule has 1 aliphatic heterocycles. The van der Waals surface area contributed by atoms with E-state index in [1.807, 2.05) is 0 Å². The predicted molar refractivity (Wildman–Crippen MR) is 116 cm³/mol. The Labute approximate surface area is 160 Å². The first-order valence-corrected chi connectivity index (χ1v) is 16.5. The number of hydrogen-bond acceptors (Lipinski definition) is 2. The molecule has 1 saturated heterocycles. The second kappa shape index (κ2) is 6.59. The van der Waals surface area contributed by atoms with E-state index in [9.17, 15) is 4.79 Å². The van der Waals surface area contributed by atoms with Crippen molar-refractivity contribution in [3.63, 3.8) is 0 Å². The Bertz CT molecular complexity index is 777. The van der Waals surface area contributed by atoms with Gasteiger partial charge in [0.2, 0.25) is 0 Å². The molecule has 0 bridgehead atoms. The summed E-state index contributed by atoms with van der Waals surface area (Å²) in [5, 5.41) is 0.253. The van der Waals surface area contributed by atoms with E-state index < -0.39 is 16.1 Å². The van der Waals surface area contributed by atoms with E-state index >= 15 is 0 Å². The minimum Gasteiger partial charge on any atom is -0.304 e. The van der Waals surface area contributed by atoms with E-state index in [0.29, 0.717) is 5.41 Å². The van der Waals surface area contributed by atoms with E-state index in [-0.39, 0.29) is 11.2 Å². The highest BCUT2D eigenvalue weighted by Crippen LogP contribution is 2.60. The van der Waals surface area contributed by atoms with E-state index in [2.05, 4.69) is 105 Å². The van der Waals surface area contributed by atoms with Crippen molar-refractivity contribution < 1.29 is 4.79 Å². The molecule has 3 atom stereocenters. The first kappa shape index (κ1) is 19.3. The highest BCUT2D eigenvalue weighted by atomic mass is 28.3. The maximum absolute atomic E-state index is 13.8. The number of carbonyl (C=O) groups excluding carboxylic acids is 1. The van der Waals surface area contributed by atoms with Crippen molar-refractivity contribution in [2.45, 2.75) is 57.0 Å². The number of benzene rings is 2. The summed E-state index contributed by atoms with van der Waals surface area (Å²) >= 11 is 0. The third-order valence-corrected chi connectivity index (χ3v) is 10.6. The molecular weight excluding hydrogens is 350 g/mol. The van der Waals surface area contributed by atoms with Crippen LogP contribution in [0.4, 0.5) is 0 Å². The molecule has 3 rings (SSSR count). The molecule has 0 aliphatic carbocycles. The highest BCUT2D eigenvalue weighted by Gasteiger charge is 2.74. The molecule has 1 aliphatic rings. The second-order valence-electron chi connectivity index (χ2n) is 9.52. The Kier molecular flexibility index (Phi) is 4.88. The summed E-state index contributed by atoms with van der Waals surface area (Å²) in [6.07, 6.45) is 0. The molecule has 0 saturated carbocycles. The molecular formula is C22H31NOSi2. The Balaban J connectivity index is 2.10. The maximum Gasteiger partial charge on any atom is 0.129 e. The van der Waals surface area contributed by atoms with Crippen LogP contribution in [-0.4, -0.2) is 31.6 Å². The molecule has 0 aromatic heterocycles. The normalized spacial score (nSPS) is 25.8. The van der Waals surface area contributed by atoms with Gasteiger partial charge in [-0.1, -0.05) is 99.9 Å². The summed E-state index contributed by atoms with van der Waals surface area (Å²) in [5.41, 5.74) is 2.58. The summed E-state index contributed by atoms with van der Waals surface area (Å²) in [6.45, 7) is 14.6. The van der Waals surface area contributed by atoms with Crippen LogP contribution in [0, 0.1) is 0 Å². The van der Waals surface area contributed by atoms with Crippen molar-refractivity contribution in [3.8, 4) is 0 Å². The lowest BCUT2D eigenvalue weighted by molar-refractivity contribution is -0.114. The molecule has 0 amide bonds. The van der Waals surface area contributed by atoms with Gasteiger partial charge >= 0.3 is 0 Å². The monoisotopic (exact) mass is 381 g/mol. The summed E-state index contributed by atoms with van der Waals surface area (Å²) in [4.78, 5) is 16.3. The standard InChI is InChI=1S/C22H31NOSi2/c1-25(2,3)21(24)22(26(4,5)6)20(19-15-11-8-12-16-19)23(22)17-18-13-9-7-10-14-18/h7-16,20H,17H2,1-6H3/t20-,22+,23?/m0/s1. The van der Waals surface area contributed by atoms with Crippen molar-refractivity contribution in [2.75, 3.05) is 0 Å². The van der Waals surface area contributed by atoms with Gasteiger partial charge in [-0.25, -0.2) is 0 Å². The zero-order valence-corrected chi connectivity index (χ0v) is 18.9. The van der Waals surface area contributed by atoms with Crippen molar-refractivity contribution in [2.24, 2.45) is 0 Å². The fraction of sp³-hybridized carbons (Fsp3) is 0.409. The number of rotatable bonds is 6. The molecule has 2 nitrogen and oxygen atoms in total. The van der Waals surface area contributed by atoms with Crippen LogP contribution in [0.25, 0.3) is 0 Å². The zero-order valence-electron chi connectivity index (χ0n) is 16.9. The average molecular weight is 382 g/mol. The van der Waals surface area contributed by atoms with Crippen LogP contribution < -0.4 is 0 Å². The Morgan fingerprint density at radius 3 is 1.85 bits per heavy atom. The lowest BCUT2D eigenvalue weighted by atomic mass is 10.1. The molecule has 26 heavy (non-hydrogen) atoms. The van der Waals surface area contributed by atoms with Gasteiger partial charge in [0, 0.05) is 6.54 Å². The summed E-state index contributed by atoms with van der Waals surface area (Å²) in [5.74, 6) is 0. The second-order valence-corrected chi connectivity index (χ2v) is 19.7. The van der Waals surface area contributed by atoms with E-state index in [1.165, 1.54) is 11.1 Å². The van der Waals surface area contributed by atoms with Gasteiger partial charge in [-0.15, -0.1) is 0 Å². The third kappa shape index (κ3) is 3.15. The summed E-state index contributed by atoms with van der Waals surface area (Å²) in [6, 6.07) is 21.5. The molecule has 0 radical (unpaired) electrons. The molecule has 2 aromatic rings. The highest BCUT2D eigenvalue weighted by molar-refractivity contribution is 7.08. The molecule has 1 unspecified atom stereocenters. The van der Waals surface area contributed by atoms with Crippen LogP contribution >= 0.6 is 0 Å². The van der Waals surface area contributed by atoms with Crippen LogP contribution in [0.15, 0.2) is 60.7 Å². The molecule has 1 heterocycles. The van der Waals surface area contributed by atoms with Gasteiger partial charge in [0.1, 0.15) is 13.5 Å². The zero-order chi connectivity index (χ0) is 19.2. The van der Waals surface area contributed by atoms with Crippen LogP contribution in [0.3, 0.4) is 0 Å². The van der Waals surface area contributed by atoms with Gasteiger partial charge in [-0.05, 0) is 11.1 Å². The Morgan fingerprint density at radius 2 is 1.38 bits per heavy atom. The Hall–Kier alpha value is -1.50. The predicted octanol–water partition coefficient (Wildman–Crippen LogP) is 5.31. The first-order valence-electron chi connectivity index (χ1n) is 9.50. The molecule has 0 N–H and O–H groups in total. The van der Waals surface area contributed by atoms with Gasteiger partial charge in [-0.2, -0.15) is 0 Å². The molecule has 1 fully saturated rings. The van der Waals surface area contributed by atoms with Crippen molar-refractivity contribution in [1.29, 1.82) is 0 Å². The van der Waals surface area contributed by atoms with Gasteiger partial charge in [-0.3, -0.25) is 4.90 Å². The smallest absolute Gasteiger partial charge is 0.129 e. The fourth-order valence-electron chi connectivity index (χ4n) is 4.40. The van der Waals surface area contributed by atoms with Gasteiger partial charge in [0.15, 0.2) is 0 Å². The topological polar surface area (TPSA) is 20.1 Å². The largest absolute Gasteiger partial charge is 0.304 e. The minimum absolute atomic E-state index is 0.217. The van der Waals surface area contributed by atoms with E-state index in [0.717, 1.165) is 6.54 Å². The quantitative estimate of drug-likeness (QED) is 0.499. The van der Waals surface area contributed by atoms with Crippen LogP contribution in [0.5, 0.6) is 0 Å². The molecule has 138 valence electrons. The SMILES string of the molecule is C[Si](C)(C)C(=O)[C@]1([Si](C)(C)C)[C@H](c2ccccc2)N1Cc1ccccc1. The lowest BCUT2D eigenvalue weighted by Gasteiger charge is -2.34. The maximum atomic E-state index is 13.8. The lowest BCUT2D eigenvalue weighted by Crippen LogP contribution is -2.58. The summed E-state index contributed by atoms with van der Waals surface area (Å²) in [7, 11) is -3.72. The van der Waals surface area contributed by atoms with E-state index in [1.54, 1.807) is 0 Å². The van der Waals surface area contributed by atoms with Crippen LogP contribution in [-0.2, 0) is 11.3 Å². The van der Waals surface area contributed by atoms with Gasteiger partial charge in [0.25, 0.3) is 0 Å². The number of nitrogens with zero attached hydrogens (tertiary/aromatic N) is 1. The molecule has 2 aromatic carbocycles. The molecule has 0 spiro atoms. The molecule has 4 heteroatoms. The minimum atomic E-state index is -1.92. The first-order chi connectivity index (χ1) is 12.1. The number of hydrogen-bond donors (Lipinski definition) is 0. The van der Waals surface area contributed by atoms with Gasteiger partial charge < -0.3 is 4.79 Å². The van der Waals surface area contributed by atoms with Crippen LogP contribution in [0.1, 0.15) is 17.2 Å².